The fourth-order valence-corrected chi connectivity index (χ4v) is 5.46. The number of nitrogens with one attached hydrogen (secondary N) is 1. The van der Waals surface area contributed by atoms with Crippen LogP contribution in [0.1, 0.15) is 37.7 Å². The Hall–Kier alpha value is -1.55. The van der Waals surface area contributed by atoms with Crippen LogP contribution in [-0.2, 0) is 11.2 Å². The lowest BCUT2D eigenvalue weighted by Crippen LogP contribution is -2.67. The second-order valence-corrected chi connectivity index (χ2v) is 8.04. The third-order valence-electron chi connectivity index (χ3n) is 6.55. The van der Waals surface area contributed by atoms with Crippen molar-refractivity contribution in [2.24, 2.45) is 29.4 Å². The molecule has 0 heterocycles. The third-order valence-corrected chi connectivity index (χ3v) is 6.55. The minimum Gasteiger partial charge on any atom is -0.508 e. The van der Waals surface area contributed by atoms with Gasteiger partial charge >= 0.3 is 0 Å². The molecule has 1 aromatic carbocycles. The second-order valence-electron chi connectivity index (χ2n) is 8.04. The summed E-state index contributed by atoms with van der Waals surface area (Å²) in [6.07, 6.45) is 6.80. The first-order chi connectivity index (χ1) is 11.0. The molecule has 4 N–H and O–H groups in total. The van der Waals surface area contributed by atoms with E-state index >= 15 is 0 Å². The maximum atomic E-state index is 12.2. The van der Waals surface area contributed by atoms with Crippen molar-refractivity contribution in [1.29, 1.82) is 0 Å². The Bertz CT molecular complexity index is 568. The molecule has 124 valence electrons. The lowest BCUT2D eigenvalue weighted by atomic mass is 9.49. The molecule has 0 spiro atoms. The molecule has 0 radical (unpaired) electrons. The number of phenolic OH excluding ortho intramolecular Hbond substituents is 1. The molecule has 0 saturated heterocycles. The second kappa shape index (κ2) is 5.52. The van der Waals surface area contributed by atoms with Gasteiger partial charge in [-0.25, -0.2) is 0 Å². The first-order valence-corrected chi connectivity index (χ1v) is 8.86. The zero-order valence-corrected chi connectivity index (χ0v) is 13.5. The molecule has 4 aliphatic rings. The number of amides is 1. The van der Waals surface area contributed by atoms with Crippen LogP contribution in [0.25, 0.3) is 0 Å². The lowest BCUT2D eigenvalue weighted by Gasteiger charge is -2.59. The minimum absolute atomic E-state index is 0.0225. The van der Waals surface area contributed by atoms with E-state index in [9.17, 15) is 9.90 Å². The van der Waals surface area contributed by atoms with Gasteiger partial charge in [0.05, 0.1) is 6.42 Å². The zero-order valence-electron chi connectivity index (χ0n) is 13.5. The van der Waals surface area contributed by atoms with Crippen molar-refractivity contribution < 1.29 is 9.90 Å². The standard InChI is InChI=1S/C19H26N2O2/c20-19(15-6-13-5-14(8-15)9-16(19)7-13)11-21-18(23)10-12-1-3-17(22)4-2-12/h1-4,13-16,22H,5-11,20H2,(H,21,23). The molecule has 4 saturated carbocycles. The summed E-state index contributed by atoms with van der Waals surface area (Å²) < 4.78 is 0. The Kier molecular flexibility index (Phi) is 3.60. The summed E-state index contributed by atoms with van der Waals surface area (Å²) in [5.41, 5.74) is 7.52. The molecule has 1 amide bonds. The summed E-state index contributed by atoms with van der Waals surface area (Å²) in [6, 6.07) is 6.81. The van der Waals surface area contributed by atoms with Gasteiger partial charge in [0.2, 0.25) is 5.91 Å². The molecule has 4 bridgehead atoms. The van der Waals surface area contributed by atoms with Crippen LogP contribution < -0.4 is 11.1 Å². The van der Waals surface area contributed by atoms with Crippen molar-refractivity contribution in [3.05, 3.63) is 29.8 Å². The van der Waals surface area contributed by atoms with E-state index in [-0.39, 0.29) is 17.2 Å². The molecule has 5 rings (SSSR count). The van der Waals surface area contributed by atoms with Crippen LogP contribution >= 0.6 is 0 Å². The molecular formula is C19H26N2O2. The number of aromatic hydroxyl groups is 1. The highest BCUT2D eigenvalue weighted by Gasteiger charge is 2.55. The number of rotatable bonds is 4. The van der Waals surface area contributed by atoms with E-state index in [4.69, 9.17) is 5.73 Å². The van der Waals surface area contributed by atoms with Gasteiger partial charge in [-0.3, -0.25) is 4.79 Å². The smallest absolute Gasteiger partial charge is 0.224 e. The van der Waals surface area contributed by atoms with Crippen LogP contribution in [0, 0.1) is 23.7 Å². The molecule has 4 heteroatoms. The fraction of sp³-hybridized carbons (Fsp3) is 0.632. The zero-order chi connectivity index (χ0) is 16.0. The number of carbonyl (C=O) groups excluding carboxylic acids is 1. The normalized spacial score (nSPS) is 37.8. The Morgan fingerprint density at radius 2 is 1.65 bits per heavy atom. The number of carbonyl (C=O) groups is 1. The topological polar surface area (TPSA) is 75.3 Å². The first kappa shape index (κ1) is 15.0. The van der Waals surface area contributed by atoms with E-state index in [2.05, 4.69) is 5.32 Å². The monoisotopic (exact) mass is 314 g/mol. The maximum absolute atomic E-state index is 12.2. The van der Waals surface area contributed by atoms with Crippen molar-refractivity contribution in [1.82, 2.24) is 5.32 Å². The van der Waals surface area contributed by atoms with Gasteiger partial charge < -0.3 is 16.2 Å². The van der Waals surface area contributed by atoms with Crippen molar-refractivity contribution in [2.75, 3.05) is 6.54 Å². The Morgan fingerprint density at radius 1 is 1.09 bits per heavy atom. The Labute approximate surface area is 137 Å². The van der Waals surface area contributed by atoms with Gasteiger partial charge in [0.15, 0.2) is 0 Å². The molecule has 4 nitrogen and oxygen atoms in total. The van der Waals surface area contributed by atoms with Crippen LogP contribution in [0.3, 0.4) is 0 Å². The minimum atomic E-state index is -0.196. The molecule has 0 atom stereocenters. The first-order valence-electron chi connectivity index (χ1n) is 8.86. The molecule has 1 aromatic rings. The number of benzene rings is 1. The lowest BCUT2D eigenvalue weighted by molar-refractivity contribution is -0.122. The summed E-state index contributed by atoms with van der Waals surface area (Å²) in [4.78, 5) is 12.2. The van der Waals surface area contributed by atoms with Gasteiger partial charge in [-0.05, 0) is 73.5 Å². The van der Waals surface area contributed by atoms with Crippen LogP contribution in [0.4, 0.5) is 0 Å². The average Bonchev–Trinajstić information content (AvgIpc) is 2.52. The van der Waals surface area contributed by atoms with E-state index < -0.39 is 0 Å². The highest BCUT2D eigenvalue weighted by molar-refractivity contribution is 5.78. The largest absolute Gasteiger partial charge is 0.508 e. The molecule has 0 aliphatic heterocycles. The molecule has 4 fully saturated rings. The van der Waals surface area contributed by atoms with E-state index in [0.717, 1.165) is 17.4 Å². The third kappa shape index (κ3) is 2.74. The summed E-state index contributed by atoms with van der Waals surface area (Å²) in [5.74, 6) is 3.21. The van der Waals surface area contributed by atoms with Crippen LogP contribution in [0.15, 0.2) is 24.3 Å². The predicted molar refractivity (Wildman–Crippen MR) is 88.8 cm³/mol. The van der Waals surface area contributed by atoms with Crippen LogP contribution in [0.2, 0.25) is 0 Å². The maximum Gasteiger partial charge on any atom is 0.224 e. The van der Waals surface area contributed by atoms with E-state index in [1.165, 1.54) is 32.1 Å². The van der Waals surface area contributed by atoms with E-state index in [1.54, 1.807) is 24.3 Å². The quantitative estimate of drug-likeness (QED) is 0.797. The number of phenols is 1. The highest BCUT2D eigenvalue weighted by atomic mass is 16.3. The number of nitrogens with two attached hydrogens (primary N) is 1. The van der Waals surface area contributed by atoms with Gasteiger partial charge in [-0.1, -0.05) is 12.1 Å². The van der Waals surface area contributed by atoms with Crippen molar-refractivity contribution in [2.45, 2.75) is 44.1 Å². The summed E-state index contributed by atoms with van der Waals surface area (Å²) in [7, 11) is 0. The van der Waals surface area contributed by atoms with E-state index in [0.29, 0.717) is 24.8 Å². The van der Waals surface area contributed by atoms with Crippen molar-refractivity contribution in [3.63, 3.8) is 0 Å². The highest BCUT2D eigenvalue weighted by Crippen LogP contribution is 2.57. The molecule has 23 heavy (non-hydrogen) atoms. The van der Waals surface area contributed by atoms with Crippen LogP contribution in [-0.4, -0.2) is 23.1 Å². The molecule has 4 aliphatic carbocycles. The average molecular weight is 314 g/mol. The SMILES string of the molecule is NC1(CNC(=O)Cc2ccc(O)cc2)C2CC3CC(C2)CC1C3. The van der Waals surface area contributed by atoms with Gasteiger partial charge in [-0.15, -0.1) is 0 Å². The van der Waals surface area contributed by atoms with Crippen LogP contribution in [0.5, 0.6) is 5.75 Å². The summed E-state index contributed by atoms with van der Waals surface area (Å²) >= 11 is 0. The summed E-state index contributed by atoms with van der Waals surface area (Å²) in [6.45, 7) is 0.610. The van der Waals surface area contributed by atoms with Gasteiger partial charge in [0, 0.05) is 12.1 Å². The van der Waals surface area contributed by atoms with Gasteiger partial charge in [0.25, 0.3) is 0 Å². The van der Waals surface area contributed by atoms with Gasteiger partial charge in [-0.2, -0.15) is 0 Å². The summed E-state index contributed by atoms with van der Waals surface area (Å²) in [5, 5.41) is 12.4. The van der Waals surface area contributed by atoms with Crippen molar-refractivity contribution >= 4 is 5.91 Å². The predicted octanol–water partition coefficient (Wildman–Crippen LogP) is 2.20. The van der Waals surface area contributed by atoms with E-state index in [1.807, 2.05) is 0 Å². The van der Waals surface area contributed by atoms with Crippen molar-refractivity contribution in [3.8, 4) is 5.75 Å². The van der Waals surface area contributed by atoms with Gasteiger partial charge in [0.1, 0.15) is 5.75 Å². The molecular weight excluding hydrogens is 288 g/mol. The Morgan fingerprint density at radius 3 is 2.22 bits per heavy atom. The molecule has 0 unspecified atom stereocenters. The number of hydrogen-bond donors (Lipinski definition) is 3. The Balaban J connectivity index is 1.36. The fourth-order valence-electron chi connectivity index (χ4n) is 5.46. The number of hydrogen-bond acceptors (Lipinski definition) is 3. The molecule has 0 aromatic heterocycles.